The van der Waals surface area contributed by atoms with Crippen LogP contribution in [0.4, 0.5) is 0 Å². The largest absolute Gasteiger partial charge is 0.404 e. The third kappa shape index (κ3) is 1.78. The van der Waals surface area contributed by atoms with Crippen LogP contribution in [0.25, 0.3) is 0 Å². The number of nitrogens with zero attached hydrogens (tertiary/aromatic N) is 1. The monoisotopic (exact) mass is 112 g/mol. The molecule has 46 valence electrons. The molecule has 0 fully saturated rings. The highest BCUT2D eigenvalue weighted by Gasteiger charge is 1.87. The van der Waals surface area contributed by atoms with Gasteiger partial charge in [-0.2, -0.15) is 0 Å². The van der Waals surface area contributed by atoms with Gasteiger partial charge in [0, 0.05) is 12.8 Å². The third-order valence-corrected chi connectivity index (χ3v) is 1.16. The van der Waals surface area contributed by atoms with Gasteiger partial charge in [-0.1, -0.05) is 0 Å². The minimum atomic E-state index is 0.993. The number of hydrogen-bond acceptors (Lipinski definition) is 2. The molecule has 0 saturated carbocycles. The zero-order valence-electron chi connectivity index (χ0n) is 5.60. The number of aliphatic imine (C=N–C) groups is 1. The summed E-state index contributed by atoms with van der Waals surface area (Å²) in [6, 6.07) is 0. The predicted molar refractivity (Wildman–Crippen MR) is 37.0 cm³/mol. The van der Waals surface area contributed by atoms with Crippen LogP contribution in [0.1, 0.15) is 13.8 Å². The molecule has 8 heavy (non-hydrogen) atoms. The third-order valence-electron chi connectivity index (χ3n) is 1.16. The van der Waals surface area contributed by atoms with Crippen molar-refractivity contribution < 1.29 is 0 Å². The first-order valence-corrected chi connectivity index (χ1v) is 2.54. The van der Waals surface area contributed by atoms with Crippen LogP contribution in [0.3, 0.4) is 0 Å². The van der Waals surface area contributed by atoms with Gasteiger partial charge < -0.3 is 5.73 Å². The molecule has 0 aromatic rings. The maximum Gasteiger partial charge on any atom is 0.0357 e. The van der Waals surface area contributed by atoms with Crippen LogP contribution in [0.15, 0.2) is 16.8 Å². The van der Waals surface area contributed by atoms with Gasteiger partial charge >= 0.3 is 0 Å². The van der Waals surface area contributed by atoms with E-state index in [9.17, 15) is 0 Å². The van der Waals surface area contributed by atoms with Gasteiger partial charge in [-0.25, -0.2) is 0 Å². The lowest BCUT2D eigenvalue weighted by molar-refractivity contribution is 1.37. The Labute approximate surface area is 50.1 Å². The van der Waals surface area contributed by atoms with Gasteiger partial charge in [0.05, 0.1) is 0 Å². The van der Waals surface area contributed by atoms with Gasteiger partial charge in [0.2, 0.25) is 0 Å². The summed E-state index contributed by atoms with van der Waals surface area (Å²) in [6.07, 6.45) is 1.56. The molecule has 0 amide bonds. The molecule has 2 heteroatoms. The summed E-state index contributed by atoms with van der Waals surface area (Å²) >= 11 is 0. The van der Waals surface area contributed by atoms with Crippen molar-refractivity contribution in [1.82, 2.24) is 0 Å². The highest BCUT2D eigenvalue weighted by Crippen LogP contribution is 1.91. The molecule has 0 radical (unpaired) electrons. The van der Waals surface area contributed by atoms with Crippen molar-refractivity contribution >= 4 is 5.71 Å². The first kappa shape index (κ1) is 7.21. The summed E-state index contributed by atoms with van der Waals surface area (Å²) in [4.78, 5) is 3.93. The van der Waals surface area contributed by atoms with Crippen LogP contribution in [0.5, 0.6) is 0 Å². The Hall–Kier alpha value is -0.790. The highest BCUT2D eigenvalue weighted by atomic mass is 14.7. The minimum Gasteiger partial charge on any atom is -0.404 e. The summed E-state index contributed by atoms with van der Waals surface area (Å²) in [6.45, 7) is 3.86. The van der Waals surface area contributed by atoms with Gasteiger partial charge in [-0.05, 0) is 25.6 Å². The van der Waals surface area contributed by atoms with Gasteiger partial charge in [0.15, 0.2) is 0 Å². The molecule has 0 aromatic heterocycles. The molecule has 0 aliphatic heterocycles. The molecule has 0 spiro atoms. The Morgan fingerprint density at radius 3 is 2.12 bits per heavy atom. The quantitative estimate of drug-likeness (QED) is 0.504. The van der Waals surface area contributed by atoms with Crippen LogP contribution < -0.4 is 5.73 Å². The molecule has 0 rings (SSSR count). The van der Waals surface area contributed by atoms with E-state index >= 15 is 0 Å². The smallest absolute Gasteiger partial charge is 0.0357 e. The van der Waals surface area contributed by atoms with E-state index in [-0.39, 0.29) is 0 Å². The zero-order chi connectivity index (χ0) is 6.57. The summed E-state index contributed by atoms with van der Waals surface area (Å²) in [5.74, 6) is 0. The van der Waals surface area contributed by atoms with E-state index in [2.05, 4.69) is 4.99 Å². The van der Waals surface area contributed by atoms with Gasteiger partial charge in [-0.3, -0.25) is 4.99 Å². The maximum absolute atomic E-state index is 5.21. The van der Waals surface area contributed by atoms with Crippen molar-refractivity contribution in [2.24, 2.45) is 10.7 Å². The lowest BCUT2D eigenvalue weighted by atomic mass is 10.2. The summed E-state index contributed by atoms with van der Waals surface area (Å²) in [5, 5.41) is 0. The lowest BCUT2D eigenvalue weighted by Crippen LogP contribution is -1.95. The Morgan fingerprint density at radius 1 is 1.50 bits per heavy atom. The van der Waals surface area contributed by atoms with Crippen molar-refractivity contribution in [3.8, 4) is 0 Å². The predicted octanol–water partition coefficient (Wildman–Crippen LogP) is 0.940. The van der Waals surface area contributed by atoms with Crippen molar-refractivity contribution in [3.05, 3.63) is 11.8 Å². The Bertz CT molecular complexity index is 106. The topological polar surface area (TPSA) is 38.4 Å². The Morgan fingerprint density at radius 2 is 2.00 bits per heavy atom. The maximum atomic E-state index is 5.21. The first-order chi connectivity index (χ1) is 3.72. The normalized spacial score (nSPS) is 14.4. The molecule has 0 aromatic carbocycles. The SMILES string of the molecule is C/N=C(C)/C(C)=C/N. The number of nitrogens with two attached hydrogens (primary N) is 1. The molecule has 0 bridgehead atoms. The minimum absolute atomic E-state index is 0.993. The molecule has 0 heterocycles. The fourth-order valence-corrected chi connectivity index (χ4v) is 0.297. The highest BCUT2D eigenvalue weighted by molar-refractivity contribution is 5.97. The first-order valence-electron chi connectivity index (χ1n) is 2.54. The van der Waals surface area contributed by atoms with Crippen LogP contribution in [0.2, 0.25) is 0 Å². The van der Waals surface area contributed by atoms with Crippen LogP contribution in [-0.4, -0.2) is 12.8 Å². The molecule has 0 saturated heterocycles. The second-order valence-corrected chi connectivity index (χ2v) is 1.66. The van der Waals surface area contributed by atoms with Crippen LogP contribution in [0, 0.1) is 0 Å². The van der Waals surface area contributed by atoms with E-state index in [1.807, 2.05) is 13.8 Å². The molecule has 2 nitrogen and oxygen atoms in total. The summed E-state index contributed by atoms with van der Waals surface area (Å²) in [5.41, 5.74) is 7.23. The van der Waals surface area contributed by atoms with Crippen molar-refractivity contribution in [1.29, 1.82) is 0 Å². The van der Waals surface area contributed by atoms with Crippen LogP contribution in [-0.2, 0) is 0 Å². The van der Waals surface area contributed by atoms with Crippen molar-refractivity contribution in [2.45, 2.75) is 13.8 Å². The molecular formula is C6H12N2. The molecule has 2 N–H and O–H groups in total. The fraction of sp³-hybridized carbons (Fsp3) is 0.500. The van der Waals surface area contributed by atoms with Crippen LogP contribution >= 0.6 is 0 Å². The Kier molecular flexibility index (Phi) is 2.92. The standard InChI is InChI=1S/C6H12N2/c1-5(4-7)6(2)8-3/h4H,7H2,1-3H3/b5-4+,8-6+. The molecular weight excluding hydrogens is 100 g/mol. The molecule has 0 atom stereocenters. The summed E-state index contributed by atoms with van der Waals surface area (Å²) < 4.78 is 0. The number of hydrogen-bond donors (Lipinski definition) is 1. The Balaban J connectivity index is 4.04. The average Bonchev–Trinajstić information content (AvgIpc) is 1.84. The number of allylic oxidation sites excluding steroid dienone is 1. The molecule has 0 aliphatic rings. The van der Waals surface area contributed by atoms with Crippen molar-refractivity contribution in [2.75, 3.05) is 7.05 Å². The van der Waals surface area contributed by atoms with Gasteiger partial charge in [0.25, 0.3) is 0 Å². The van der Waals surface area contributed by atoms with E-state index < -0.39 is 0 Å². The average molecular weight is 112 g/mol. The molecule has 0 unspecified atom stereocenters. The van der Waals surface area contributed by atoms with E-state index in [1.165, 1.54) is 0 Å². The molecule has 0 aliphatic carbocycles. The second kappa shape index (κ2) is 3.24. The van der Waals surface area contributed by atoms with Gasteiger partial charge in [0.1, 0.15) is 0 Å². The van der Waals surface area contributed by atoms with Gasteiger partial charge in [-0.15, -0.1) is 0 Å². The number of rotatable bonds is 1. The second-order valence-electron chi connectivity index (χ2n) is 1.66. The van der Waals surface area contributed by atoms with E-state index in [4.69, 9.17) is 5.73 Å². The summed E-state index contributed by atoms with van der Waals surface area (Å²) in [7, 11) is 1.75. The van der Waals surface area contributed by atoms with E-state index in [0.717, 1.165) is 11.3 Å². The van der Waals surface area contributed by atoms with E-state index in [1.54, 1.807) is 13.2 Å². The zero-order valence-corrected chi connectivity index (χ0v) is 5.60. The van der Waals surface area contributed by atoms with E-state index in [0.29, 0.717) is 0 Å². The fourth-order valence-electron chi connectivity index (χ4n) is 0.297. The lowest BCUT2D eigenvalue weighted by Gasteiger charge is -1.93. The van der Waals surface area contributed by atoms with Crippen molar-refractivity contribution in [3.63, 3.8) is 0 Å².